The van der Waals surface area contributed by atoms with Crippen LogP contribution in [0.25, 0.3) is 33.4 Å². The number of cyclic esters (lactones) is 1. The first-order valence-corrected chi connectivity index (χ1v) is 25.4. The molecule has 3 aromatic heterocycles. The number of hydrogen-bond donors (Lipinski definition) is 2. The van der Waals surface area contributed by atoms with Crippen LogP contribution in [0.3, 0.4) is 0 Å². The summed E-state index contributed by atoms with van der Waals surface area (Å²) in [6.45, 7) is 19.3. The van der Waals surface area contributed by atoms with E-state index < -0.39 is 47.2 Å². The number of carbonyl (C=O) groups excluding carboxylic acids is 5. The number of thiazole rings is 1. The number of amides is 4. The van der Waals surface area contributed by atoms with Gasteiger partial charge in [-0.2, -0.15) is 0 Å². The SMILES string of the molecule is C=CC(=O)N1CC[C@H](C(=O)N(C)[C@H](C(=O)N[C@H]2Cc3nc(cs3)-c3ccc4c(c3)c(c(-c3cc5c(nc3[C@H](C)OC)CCN(C)C5)n4CC)CC(C)(C)COC(=O)[C@@H]3CCCN(N3)C2=O)C(C)C)C1. The van der Waals surface area contributed by atoms with Crippen LogP contribution in [0.5, 0.6) is 0 Å². The fourth-order valence-corrected chi connectivity index (χ4v) is 11.5. The molecular weight excluding hydrogens is 895 g/mol. The van der Waals surface area contributed by atoms with Gasteiger partial charge in [0.15, 0.2) is 0 Å². The Labute approximate surface area is 409 Å². The van der Waals surface area contributed by atoms with Crippen molar-refractivity contribution in [3.8, 4) is 22.5 Å². The number of pyridine rings is 1. The Hall–Kier alpha value is -5.49. The monoisotopic (exact) mass is 964 g/mol. The number of nitrogens with zero attached hydrogens (tertiary/aromatic N) is 7. The highest BCUT2D eigenvalue weighted by atomic mass is 32.1. The average Bonchev–Trinajstić information content (AvgIpc) is 4.09. The highest BCUT2D eigenvalue weighted by Gasteiger charge is 2.40. The Morgan fingerprint density at radius 1 is 1.12 bits per heavy atom. The molecule has 2 saturated heterocycles. The van der Waals surface area contributed by atoms with E-state index in [9.17, 15) is 24.0 Å². The van der Waals surface area contributed by atoms with Crippen LogP contribution in [0, 0.1) is 17.3 Å². The van der Waals surface area contributed by atoms with Gasteiger partial charge in [0.05, 0.1) is 40.7 Å². The summed E-state index contributed by atoms with van der Waals surface area (Å²) < 4.78 is 14.6. The Bertz CT molecular complexity index is 2640. The minimum atomic E-state index is -1.09. The van der Waals surface area contributed by atoms with Crippen LogP contribution in [0.1, 0.15) is 94.4 Å². The largest absolute Gasteiger partial charge is 0.464 e. The molecular formula is C52H69N9O7S. The Morgan fingerprint density at radius 3 is 2.62 bits per heavy atom. The molecule has 370 valence electrons. The maximum atomic E-state index is 14.7. The van der Waals surface area contributed by atoms with Crippen LogP contribution >= 0.6 is 11.3 Å². The molecule has 17 heteroatoms. The lowest BCUT2D eigenvalue weighted by molar-refractivity contribution is -0.155. The summed E-state index contributed by atoms with van der Waals surface area (Å²) in [6, 6.07) is 5.97. The molecule has 4 amide bonds. The number of hydrazine groups is 1. The van der Waals surface area contributed by atoms with Gasteiger partial charge in [0.1, 0.15) is 18.1 Å². The highest BCUT2D eigenvalue weighted by molar-refractivity contribution is 7.10. The minimum Gasteiger partial charge on any atom is -0.464 e. The van der Waals surface area contributed by atoms with Crippen molar-refractivity contribution in [1.82, 2.24) is 45.0 Å². The van der Waals surface area contributed by atoms with Gasteiger partial charge in [-0.3, -0.25) is 34.0 Å². The lowest BCUT2D eigenvalue weighted by Crippen LogP contribution is -2.62. The van der Waals surface area contributed by atoms with Gasteiger partial charge in [0.2, 0.25) is 17.7 Å². The van der Waals surface area contributed by atoms with Gasteiger partial charge in [0.25, 0.3) is 5.91 Å². The summed E-state index contributed by atoms with van der Waals surface area (Å²) in [7, 11) is 5.47. The third kappa shape index (κ3) is 10.2. The molecule has 16 nitrogen and oxygen atoms in total. The van der Waals surface area contributed by atoms with Crippen molar-refractivity contribution in [3.63, 3.8) is 0 Å². The van der Waals surface area contributed by atoms with Gasteiger partial charge >= 0.3 is 5.97 Å². The van der Waals surface area contributed by atoms with E-state index in [0.29, 0.717) is 50.3 Å². The van der Waals surface area contributed by atoms with Crippen molar-refractivity contribution in [3.05, 3.63) is 69.8 Å². The smallest absolute Gasteiger partial charge is 0.324 e. The standard InChI is InChI=1S/C52H69N9O7S/c1-11-44(62)59-21-17-33(27-59)49(64)58(9)46(30(3)4)48(63)55-40-24-43-53-41(28-69-43)32-15-16-42-35(22-32)37(25-52(6,7)29-68-51(66)39-14-13-19-61(56-39)50(40)65)47(60(42)12-2)36-23-34-26-57(8)20-18-38(34)54-45(36)31(5)67-10/h11,15-16,22-23,28,30-31,33,39-40,46,56H,1,12-14,17-21,24-27,29H2,2-10H3,(H,55,63)/t31-,33-,39-,40-,46-/m0/s1. The number of esters is 1. The van der Waals surface area contributed by atoms with E-state index in [2.05, 4.69) is 85.8 Å². The molecule has 4 aromatic rings. The van der Waals surface area contributed by atoms with Crippen molar-refractivity contribution in [1.29, 1.82) is 0 Å². The van der Waals surface area contributed by atoms with Crippen molar-refractivity contribution >= 4 is 51.8 Å². The predicted molar refractivity (Wildman–Crippen MR) is 266 cm³/mol. The van der Waals surface area contributed by atoms with Crippen LogP contribution in [-0.2, 0) is 65.8 Å². The second kappa shape index (κ2) is 20.5. The zero-order valence-electron chi connectivity index (χ0n) is 41.7. The number of carbonyl (C=O) groups is 5. The maximum Gasteiger partial charge on any atom is 0.324 e. The molecule has 4 aliphatic rings. The summed E-state index contributed by atoms with van der Waals surface area (Å²) in [4.78, 5) is 85.3. The van der Waals surface area contributed by atoms with E-state index in [1.165, 1.54) is 32.9 Å². The third-order valence-corrected chi connectivity index (χ3v) is 15.3. The lowest BCUT2D eigenvalue weighted by atomic mass is 9.84. The molecule has 2 N–H and O–H groups in total. The van der Waals surface area contributed by atoms with Crippen LogP contribution in [0.15, 0.2) is 42.3 Å². The molecule has 0 spiro atoms. The van der Waals surface area contributed by atoms with Gasteiger partial charge in [0, 0.05) is 105 Å². The number of likely N-dealkylation sites (N-methyl/N-ethyl adjacent to an activating group) is 2. The third-order valence-electron chi connectivity index (χ3n) is 14.4. The first kappa shape index (κ1) is 49.9. The van der Waals surface area contributed by atoms with Crippen molar-refractivity contribution in [2.45, 2.75) is 117 Å². The van der Waals surface area contributed by atoms with E-state index in [4.69, 9.17) is 19.4 Å². The van der Waals surface area contributed by atoms with Gasteiger partial charge in [-0.05, 0) is 87.9 Å². The zero-order valence-corrected chi connectivity index (χ0v) is 42.5. The summed E-state index contributed by atoms with van der Waals surface area (Å²) in [5.41, 5.74) is 11.8. The maximum absolute atomic E-state index is 14.7. The lowest BCUT2D eigenvalue weighted by Gasteiger charge is -2.36. The summed E-state index contributed by atoms with van der Waals surface area (Å²) >= 11 is 1.41. The first-order valence-electron chi connectivity index (χ1n) is 24.5. The van der Waals surface area contributed by atoms with Gasteiger partial charge in [-0.15, -0.1) is 11.3 Å². The molecule has 2 fully saturated rings. The van der Waals surface area contributed by atoms with E-state index in [1.54, 1.807) is 19.1 Å². The minimum absolute atomic E-state index is 0.0747. The molecule has 0 radical (unpaired) electrons. The summed E-state index contributed by atoms with van der Waals surface area (Å²) in [5, 5.41) is 8.15. The number of benzene rings is 1. The Morgan fingerprint density at radius 2 is 1.90 bits per heavy atom. The summed E-state index contributed by atoms with van der Waals surface area (Å²) in [6.07, 6.45) is 3.98. The number of nitrogens with one attached hydrogen (secondary N) is 2. The number of ether oxygens (including phenoxy) is 2. The number of methoxy groups -OCH3 is 1. The van der Waals surface area contributed by atoms with Crippen LogP contribution < -0.4 is 10.7 Å². The Kier molecular flexibility index (Phi) is 14.8. The second-order valence-corrected chi connectivity index (χ2v) is 21.4. The van der Waals surface area contributed by atoms with Crippen LogP contribution in [0.4, 0.5) is 0 Å². The van der Waals surface area contributed by atoms with E-state index >= 15 is 0 Å². The molecule has 69 heavy (non-hydrogen) atoms. The van der Waals surface area contributed by atoms with Gasteiger partial charge < -0.3 is 34.1 Å². The Balaban J connectivity index is 1.19. The first-order chi connectivity index (χ1) is 32.9. The predicted octanol–water partition coefficient (Wildman–Crippen LogP) is 5.71. The van der Waals surface area contributed by atoms with Crippen molar-refractivity contribution < 1.29 is 33.4 Å². The van der Waals surface area contributed by atoms with Gasteiger partial charge in [-0.1, -0.05) is 40.3 Å². The second-order valence-electron chi connectivity index (χ2n) is 20.5. The zero-order chi connectivity index (χ0) is 49.5. The average molecular weight is 964 g/mol. The van der Waals surface area contributed by atoms with E-state index in [-0.39, 0.29) is 43.4 Å². The number of rotatable bonds is 10. The molecule has 0 saturated carbocycles. The molecule has 4 aliphatic heterocycles. The number of fused-ring (bicyclic) bond motifs is 7. The topological polar surface area (TPSA) is 172 Å². The molecule has 0 aliphatic carbocycles. The van der Waals surface area contributed by atoms with E-state index in [0.717, 1.165) is 69.9 Å². The quantitative estimate of drug-likeness (QED) is 0.148. The van der Waals surface area contributed by atoms with E-state index in [1.807, 2.05) is 19.2 Å². The molecule has 6 bridgehead atoms. The number of likely N-dealkylation sites (tertiary alicyclic amines) is 1. The highest BCUT2D eigenvalue weighted by Crippen LogP contribution is 2.43. The number of hydrogen-bond acceptors (Lipinski definition) is 12. The van der Waals surface area contributed by atoms with Crippen LogP contribution in [-0.4, -0.2) is 136 Å². The summed E-state index contributed by atoms with van der Waals surface area (Å²) in [5.74, 6) is -2.62. The molecule has 0 unspecified atom stereocenters. The molecule has 7 heterocycles. The number of aromatic nitrogens is 3. The van der Waals surface area contributed by atoms with Gasteiger partial charge in [-0.25, -0.2) is 10.4 Å². The molecule has 1 aromatic carbocycles. The van der Waals surface area contributed by atoms with Crippen LogP contribution in [0.2, 0.25) is 0 Å². The fourth-order valence-electron chi connectivity index (χ4n) is 10.6. The molecule has 8 rings (SSSR count). The fraction of sp³-hybridized carbons (Fsp3) is 0.558. The van der Waals surface area contributed by atoms with Crippen molar-refractivity contribution in [2.75, 3.05) is 54.0 Å². The molecule has 5 atom stereocenters. The van der Waals surface area contributed by atoms with Crippen molar-refractivity contribution in [2.24, 2.45) is 17.3 Å². The number of aryl methyl sites for hydroxylation is 1. The normalized spacial score (nSPS) is 21.9.